The summed E-state index contributed by atoms with van der Waals surface area (Å²) in [4.78, 5) is 21.8. The molecule has 0 radical (unpaired) electrons. The SMILES string of the molecule is Nc1nc(N2CCCC2)nc(N2CCn3ccnc3C2)n1. The van der Waals surface area contributed by atoms with E-state index in [1.807, 2.05) is 12.4 Å². The molecule has 2 aromatic rings. The molecule has 21 heavy (non-hydrogen) atoms. The molecule has 2 N–H and O–H groups in total. The third kappa shape index (κ3) is 2.26. The maximum Gasteiger partial charge on any atom is 0.232 e. The molecule has 8 nitrogen and oxygen atoms in total. The molecular formula is C13H18N8. The van der Waals surface area contributed by atoms with E-state index in [4.69, 9.17) is 5.73 Å². The summed E-state index contributed by atoms with van der Waals surface area (Å²) in [7, 11) is 0. The fourth-order valence-electron chi connectivity index (χ4n) is 2.91. The second-order valence-electron chi connectivity index (χ2n) is 5.45. The lowest BCUT2D eigenvalue weighted by Gasteiger charge is -2.28. The quantitative estimate of drug-likeness (QED) is 0.847. The van der Waals surface area contributed by atoms with Gasteiger partial charge in [-0.2, -0.15) is 15.0 Å². The Morgan fingerprint density at radius 2 is 1.67 bits per heavy atom. The van der Waals surface area contributed by atoms with E-state index in [2.05, 4.69) is 34.3 Å². The van der Waals surface area contributed by atoms with Gasteiger partial charge in [-0.25, -0.2) is 4.98 Å². The molecule has 0 saturated carbocycles. The minimum atomic E-state index is 0.288. The van der Waals surface area contributed by atoms with Crippen LogP contribution in [0.5, 0.6) is 0 Å². The van der Waals surface area contributed by atoms with Crippen LogP contribution in [0.15, 0.2) is 12.4 Å². The van der Waals surface area contributed by atoms with Crippen LogP contribution in [0.25, 0.3) is 0 Å². The summed E-state index contributed by atoms with van der Waals surface area (Å²) < 4.78 is 2.16. The molecule has 2 aliphatic rings. The Labute approximate surface area is 122 Å². The van der Waals surface area contributed by atoms with Gasteiger partial charge in [0, 0.05) is 38.6 Å². The Bertz CT molecular complexity index is 645. The van der Waals surface area contributed by atoms with Gasteiger partial charge in [-0.05, 0) is 12.8 Å². The monoisotopic (exact) mass is 286 g/mol. The average molecular weight is 286 g/mol. The Morgan fingerprint density at radius 1 is 0.905 bits per heavy atom. The number of imidazole rings is 1. The first-order valence-electron chi connectivity index (χ1n) is 7.31. The number of rotatable bonds is 2. The first-order valence-corrected chi connectivity index (χ1v) is 7.31. The number of nitrogens with zero attached hydrogens (tertiary/aromatic N) is 7. The number of nitrogens with two attached hydrogens (primary N) is 1. The topological polar surface area (TPSA) is 89.0 Å². The van der Waals surface area contributed by atoms with Gasteiger partial charge in [-0.3, -0.25) is 0 Å². The zero-order valence-corrected chi connectivity index (χ0v) is 11.8. The van der Waals surface area contributed by atoms with Gasteiger partial charge in [0.25, 0.3) is 0 Å². The summed E-state index contributed by atoms with van der Waals surface area (Å²) in [5.74, 6) is 2.67. The van der Waals surface area contributed by atoms with Crippen LogP contribution in [-0.2, 0) is 13.1 Å². The largest absolute Gasteiger partial charge is 0.368 e. The van der Waals surface area contributed by atoms with Crippen LogP contribution in [0.4, 0.5) is 17.8 Å². The minimum absolute atomic E-state index is 0.288. The lowest BCUT2D eigenvalue weighted by Crippen LogP contribution is -2.35. The predicted octanol–water partition coefficient (Wildman–Crippen LogP) is 0.271. The van der Waals surface area contributed by atoms with E-state index < -0.39 is 0 Å². The Hall–Kier alpha value is -2.38. The second-order valence-corrected chi connectivity index (χ2v) is 5.45. The Morgan fingerprint density at radius 3 is 2.48 bits per heavy atom. The maximum atomic E-state index is 5.87. The highest BCUT2D eigenvalue weighted by Gasteiger charge is 2.22. The van der Waals surface area contributed by atoms with Gasteiger partial charge in [-0.15, -0.1) is 0 Å². The van der Waals surface area contributed by atoms with Crippen molar-refractivity contribution in [2.75, 3.05) is 35.2 Å². The molecule has 4 heterocycles. The predicted molar refractivity (Wildman–Crippen MR) is 79.0 cm³/mol. The van der Waals surface area contributed by atoms with Crippen LogP contribution in [0.1, 0.15) is 18.7 Å². The van der Waals surface area contributed by atoms with E-state index in [0.717, 1.165) is 32.0 Å². The van der Waals surface area contributed by atoms with E-state index in [1.54, 1.807) is 0 Å². The van der Waals surface area contributed by atoms with Crippen molar-refractivity contribution in [1.82, 2.24) is 24.5 Å². The van der Waals surface area contributed by atoms with Crippen molar-refractivity contribution in [2.45, 2.75) is 25.9 Å². The Balaban J connectivity index is 1.63. The lowest BCUT2D eigenvalue weighted by atomic mass is 10.4. The summed E-state index contributed by atoms with van der Waals surface area (Å²) in [6.07, 6.45) is 6.20. The van der Waals surface area contributed by atoms with Crippen molar-refractivity contribution < 1.29 is 0 Å². The van der Waals surface area contributed by atoms with Crippen LogP contribution in [0, 0.1) is 0 Å². The molecule has 2 aliphatic heterocycles. The molecule has 2 aromatic heterocycles. The highest BCUT2D eigenvalue weighted by Crippen LogP contribution is 2.21. The van der Waals surface area contributed by atoms with Crippen LogP contribution >= 0.6 is 0 Å². The first kappa shape index (κ1) is 12.4. The fourth-order valence-corrected chi connectivity index (χ4v) is 2.91. The van der Waals surface area contributed by atoms with Crippen LogP contribution in [0.2, 0.25) is 0 Å². The molecule has 4 rings (SSSR count). The lowest BCUT2D eigenvalue weighted by molar-refractivity contribution is 0.551. The summed E-state index contributed by atoms with van der Waals surface area (Å²) >= 11 is 0. The molecule has 0 atom stereocenters. The number of hydrogen-bond acceptors (Lipinski definition) is 7. The number of anilines is 3. The summed E-state index contributed by atoms with van der Waals surface area (Å²) in [5.41, 5.74) is 5.87. The minimum Gasteiger partial charge on any atom is -0.368 e. The van der Waals surface area contributed by atoms with Crippen molar-refractivity contribution >= 4 is 17.8 Å². The molecule has 0 spiro atoms. The van der Waals surface area contributed by atoms with Crippen LogP contribution < -0.4 is 15.5 Å². The average Bonchev–Trinajstić information content (AvgIpc) is 3.17. The van der Waals surface area contributed by atoms with Gasteiger partial charge in [-0.1, -0.05) is 0 Å². The molecule has 8 heteroatoms. The van der Waals surface area contributed by atoms with Gasteiger partial charge in [0.05, 0.1) is 6.54 Å². The summed E-state index contributed by atoms with van der Waals surface area (Å²) in [5, 5.41) is 0. The zero-order chi connectivity index (χ0) is 14.2. The van der Waals surface area contributed by atoms with Gasteiger partial charge >= 0.3 is 0 Å². The zero-order valence-electron chi connectivity index (χ0n) is 11.8. The van der Waals surface area contributed by atoms with Gasteiger partial charge in [0.15, 0.2) is 0 Å². The number of hydrogen-bond donors (Lipinski definition) is 1. The summed E-state index contributed by atoms with van der Waals surface area (Å²) in [6, 6.07) is 0. The number of aromatic nitrogens is 5. The third-order valence-electron chi connectivity index (χ3n) is 4.05. The van der Waals surface area contributed by atoms with E-state index in [9.17, 15) is 0 Å². The van der Waals surface area contributed by atoms with E-state index in [1.165, 1.54) is 12.8 Å². The number of nitrogen functional groups attached to an aromatic ring is 1. The molecule has 0 aromatic carbocycles. The van der Waals surface area contributed by atoms with Gasteiger partial charge in [0.2, 0.25) is 17.8 Å². The van der Waals surface area contributed by atoms with Crippen LogP contribution in [0.3, 0.4) is 0 Å². The highest BCUT2D eigenvalue weighted by atomic mass is 15.4. The van der Waals surface area contributed by atoms with Crippen molar-refractivity contribution in [2.24, 2.45) is 0 Å². The van der Waals surface area contributed by atoms with E-state index >= 15 is 0 Å². The fraction of sp³-hybridized carbons (Fsp3) is 0.538. The molecule has 0 bridgehead atoms. The smallest absolute Gasteiger partial charge is 0.232 e. The van der Waals surface area contributed by atoms with E-state index in [-0.39, 0.29) is 5.95 Å². The third-order valence-corrected chi connectivity index (χ3v) is 4.05. The van der Waals surface area contributed by atoms with Gasteiger partial charge in [0.1, 0.15) is 5.82 Å². The van der Waals surface area contributed by atoms with Crippen molar-refractivity contribution in [3.63, 3.8) is 0 Å². The highest BCUT2D eigenvalue weighted by molar-refractivity contribution is 5.44. The molecule has 0 aliphatic carbocycles. The molecule has 0 amide bonds. The molecular weight excluding hydrogens is 268 g/mol. The number of fused-ring (bicyclic) bond motifs is 1. The Kier molecular flexibility index (Phi) is 2.87. The van der Waals surface area contributed by atoms with Crippen LogP contribution in [-0.4, -0.2) is 44.1 Å². The molecule has 1 saturated heterocycles. The van der Waals surface area contributed by atoms with Crippen molar-refractivity contribution in [1.29, 1.82) is 0 Å². The molecule has 0 unspecified atom stereocenters. The first-order chi connectivity index (χ1) is 10.3. The maximum absolute atomic E-state index is 5.87. The van der Waals surface area contributed by atoms with Crippen molar-refractivity contribution in [3.05, 3.63) is 18.2 Å². The van der Waals surface area contributed by atoms with Crippen molar-refractivity contribution in [3.8, 4) is 0 Å². The molecule has 110 valence electrons. The molecule has 1 fully saturated rings. The normalized spacial score (nSPS) is 18.1. The standard InChI is InChI=1S/C13H18N8/c14-11-16-12(20-4-1-2-5-20)18-13(17-11)21-8-7-19-6-3-15-10(19)9-21/h3,6H,1-2,4-5,7-9H2,(H2,14,16,17,18). The second kappa shape index (κ2) is 4.87. The van der Waals surface area contributed by atoms with E-state index in [0.29, 0.717) is 18.4 Å². The van der Waals surface area contributed by atoms with Gasteiger partial charge < -0.3 is 20.1 Å². The summed E-state index contributed by atoms with van der Waals surface area (Å²) in [6.45, 7) is 4.43.